The van der Waals surface area contributed by atoms with E-state index < -0.39 is 0 Å². The Hall–Kier alpha value is -2.09. The van der Waals surface area contributed by atoms with Gasteiger partial charge >= 0.3 is 5.97 Å². The highest BCUT2D eigenvalue weighted by Gasteiger charge is 2.02. The molecule has 0 atom stereocenters. The summed E-state index contributed by atoms with van der Waals surface area (Å²) in [6.45, 7) is 4.24. The van der Waals surface area contributed by atoms with E-state index in [1.54, 1.807) is 6.92 Å². The molecule has 0 unspecified atom stereocenters. The molecule has 2 aromatic carbocycles. The molecule has 2 nitrogen and oxygen atoms in total. The monoisotopic (exact) mass is 240 g/mol. The van der Waals surface area contributed by atoms with E-state index >= 15 is 0 Å². The Morgan fingerprint density at radius 3 is 2.78 bits per heavy atom. The number of rotatable bonds is 3. The van der Waals surface area contributed by atoms with Crippen LogP contribution in [-0.2, 0) is 9.53 Å². The number of benzene rings is 2. The summed E-state index contributed by atoms with van der Waals surface area (Å²) >= 11 is 0. The second-order valence-corrected chi connectivity index (χ2v) is 4.10. The first-order valence-electron chi connectivity index (χ1n) is 6.05. The molecule has 0 amide bonds. The lowest BCUT2D eigenvalue weighted by molar-refractivity contribution is -0.137. The highest BCUT2D eigenvalue weighted by Crippen LogP contribution is 2.23. The Bertz CT molecular complexity index is 597. The first kappa shape index (κ1) is 12.4. The molecule has 0 aliphatic carbocycles. The fourth-order valence-electron chi connectivity index (χ4n) is 1.97. The Morgan fingerprint density at radius 2 is 2.00 bits per heavy atom. The zero-order valence-corrected chi connectivity index (χ0v) is 10.6. The minimum atomic E-state index is -0.301. The maximum atomic E-state index is 11.4. The van der Waals surface area contributed by atoms with E-state index in [1.807, 2.05) is 25.1 Å². The number of hydrogen-bond acceptors (Lipinski definition) is 2. The van der Waals surface area contributed by atoms with Crippen LogP contribution in [0.1, 0.15) is 18.1 Å². The molecule has 18 heavy (non-hydrogen) atoms. The summed E-state index contributed by atoms with van der Waals surface area (Å²) < 4.78 is 4.89. The Labute approximate surface area is 107 Å². The molecular weight excluding hydrogens is 224 g/mol. The molecule has 0 bridgehead atoms. The first-order chi connectivity index (χ1) is 8.72. The maximum absolute atomic E-state index is 11.4. The van der Waals surface area contributed by atoms with Crippen molar-refractivity contribution in [2.24, 2.45) is 0 Å². The SMILES string of the molecule is CCOC(=O)/C=C/c1c(C)ccc2ccccc12. The Balaban J connectivity index is 2.43. The average Bonchev–Trinajstić information content (AvgIpc) is 2.38. The number of ether oxygens (including phenoxy) is 1. The largest absolute Gasteiger partial charge is 0.463 e. The highest BCUT2D eigenvalue weighted by molar-refractivity contribution is 5.95. The van der Waals surface area contributed by atoms with E-state index in [9.17, 15) is 4.79 Å². The van der Waals surface area contributed by atoms with Gasteiger partial charge < -0.3 is 4.74 Å². The number of fused-ring (bicyclic) bond motifs is 1. The maximum Gasteiger partial charge on any atom is 0.330 e. The molecule has 0 spiro atoms. The lowest BCUT2D eigenvalue weighted by Crippen LogP contribution is -1.98. The molecule has 0 radical (unpaired) electrons. The van der Waals surface area contributed by atoms with Gasteiger partial charge in [-0.25, -0.2) is 4.79 Å². The van der Waals surface area contributed by atoms with Crippen molar-refractivity contribution >= 4 is 22.8 Å². The van der Waals surface area contributed by atoms with E-state index in [0.29, 0.717) is 6.61 Å². The van der Waals surface area contributed by atoms with Crippen molar-refractivity contribution in [1.29, 1.82) is 0 Å². The normalized spacial score (nSPS) is 11.0. The van der Waals surface area contributed by atoms with Crippen LogP contribution in [0.3, 0.4) is 0 Å². The second kappa shape index (κ2) is 5.50. The molecule has 0 saturated heterocycles. The van der Waals surface area contributed by atoms with Gasteiger partial charge in [-0.2, -0.15) is 0 Å². The van der Waals surface area contributed by atoms with Crippen LogP contribution in [0.4, 0.5) is 0 Å². The average molecular weight is 240 g/mol. The molecule has 0 N–H and O–H groups in total. The summed E-state index contributed by atoms with van der Waals surface area (Å²) in [5.41, 5.74) is 2.22. The van der Waals surface area contributed by atoms with E-state index in [2.05, 4.69) is 24.3 Å². The van der Waals surface area contributed by atoms with Gasteiger partial charge in [-0.15, -0.1) is 0 Å². The van der Waals surface area contributed by atoms with E-state index in [-0.39, 0.29) is 5.97 Å². The van der Waals surface area contributed by atoms with E-state index in [1.165, 1.54) is 11.5 Å². The predicted octanol–water partition coefficient (Wildman–Crippen LogP) is 3.72. The molecule has 2 rings (SSSR count). The van der Waals surface area contributed by atoms with Gasteiger partial charge in [-0.1, -0.05) is 36.4 Å². The molecule has 0 heterocycles. The van der Waals surface area contributed by atoms with Gasteiger partial charge in [0.25, 0.3) is 0 Å². The summed E-state index contributed by atoms with van der Waals surface area (Å²) in [6.07, 6.45) is 3.31. The molecule has 92 valence electrons. The fourth-order valence-corrected chi connectivity index (χ4v) is 1.97. The van der Waals surface area contributed by atoms with E-state index in [0.717, 1.165) is 16.5 Å². The van der Waals surface area contributed by atoms with Crippen molar-refractivity contribution in [3.63, 3.8) is 0 Å². The third-order valence-corrected chi connectivity index (χ3v) is 2.86. The molecule has 0 aliphatic rings. The number of aryl methyl sites for hydroxylation is 1. The molecule has 0 aliphatic heterocycles. The van der Waals surface area contributed by atoms with Gasteiger partial charge in [-0.3, -0.25) is 0 Å². The zero-order chi connectivity index (χ0) is 13.0. The van der Waals surface area contributed by atoms with Crippen LogP contribution < -0.4 is 0 Å². The summed E-state index contributed by atoms with van der Waals surface area (Å²) in [7, 11) is 0. The van der Waals surface area contributed by atoms with Gasteiger partial charge in [0.05, 0.1) is 6.61 Å². The summed E-state index contributed by atoms with van der Waals surface area (Å²) in [5, 5.41) is 2.32. The molecular formula is C16H16O2. The van der Waals surface area contributed by atoms with Gasteiger partial charge in [0.1, 0.15) is 0 Å². The van der Waals surface area contributed by atoms with Crippen molar-refractivity contribution in [3.8, 4) is 0 Å². The predicted molar refractivity (Wildman–Crippen MR) is 74.4 cm³/mol. The highest BCUT2D eigenvalue weighted by atomic mass is 16.5. The van der Waals surface area contributed by atoms with Crippen LogP contribution in [0.2, 0.25) is 0 Å². The van der Waals surface area contributed by atoms with Gasteiger partial charge in [0.2, 0.25) is 0 Å². The number of esters is 1. The van der Waals surface area contributed by atoms with Crippen LogP contribution in [0.25, 0.3) is 16.8 Å². The van der Waals surface area contributed by atoms with Crippen LogP contribution in [0.5, 0.6) is 0 Å². The van der Waals surface area contributed by atoms with Crippen molar-refractivity contribution in [1.82, 2.24) is 0 Å². The van der Waals surface area contributed by atoms with Gasteiger partial charge in [0, 0.05) is 6.08 Å². The molecule has 0 aromatic heterocycles. The van der Waals surface area contributed by atoms with Gasteiger partial charge in [0.15, 0.2) is 0 Å². The molecule has 0 saturated carbocycles. The van der Waals surface area contributed by atoms with E-state index in [4.69, 9.17) is 4.74 Å². The first-order valence-corrected chi connectivity index (χ1v) is 6.05. The molecule has 0 fully saturated rings. The number of carbonyl (C=O) groups excluding carboxylic acids is 1. The quantitative estimate of drug-likeness (QED) is 0.603. The summed E-state index contributed by atoms with van der Waals surface area (Å²) in [5.74, 6) is -0.301. The van der Waals surface area contributed by atoms with Crippen molar-refractivity contribution in [2.75, 3.05) is 6.61 Å². The third kappa shape index (κ3) is 2.59. The Morgan fingerprint density at radius 1 is 1.22 bits per heavy atom. The van der Waals surface area contributed by atoms with Crippen LogP contribution >= 0.6 is 0 Å². The van der Waals surface area contributed by atoms with Crippen molar-refractivity contribution in [2.45, 2.75) is 13.8 Å². The number of carbonyl (C=O) groups is 1. The van der Waals surface area contributed by atoms with Crippen molar-refractivity contribution < 1.29 is 9.53 Å². The summed E-state index contributed by atoms with van der Waals surface area (Å²) in [6, 6.07) is 12.3. The topological polar surface area (TPSA) is 26.3 Å². The second-order valence-electron chi connectivity index (χ2n) is 4.10. The minimum Gasteiger partial charge on any atom is -0.463 e. The standard InChI is InChI=1S/C16H16O2/c1-3-18-16(17)11-10-14-12(2)8-9-13-6-4-5-7-15(13)14/h4-11H,3H2,1-2H3/b11-10+. The molecule has 2 aromatic rings. The smallest absolute Gasteiger partial charge is 0.330 e. The van der Waals surface area contributed by atoms with Gasteiger partial charge in [-0.05, 0) is 41.8 Å². The zero-order valence-electron chi connectivity index (χ0n) is 10.6. The summed E-state index contributed by atoms with van der Waals surface area (Å²) in [4.78, 5) is 11.4. The number of hydrogen-bond donors (Lipinski definition) is 0. The van der Waals surface area contributed by atoms with Crippen LogP contribution in [-0.4, -0.2) is 12.6 Å². The third-order valence-electron chi connectivity index (χ3n) is 2.86. The fraction of sp³-hybridized carbons (Fsp3) is 0.188. The van der Waals surface area contributed by atoms with Crippen LogP contribution in [0, 0.1) is 6.92 Å². The minimum absolute atomic E-state index is 0.301. The van der Waals surface area contributed by atoms with Crippen LogP contribution in [0.15, 0.2) is 42.5 Å². The Kier molecular flexibility index (Phi) is 3.78. The lowest BCUT2D eigenvalue weighted by atomic mass is 9.99. The molecule has 2 heteroatoms. The van der Waals surface area contributed by atoms with Crippen molar-refractivity contribution in [3.05, 3.63) is 53.6 Å². The lowest BCUT2D eigenvalue weighted by Gasteiger charge is -2.06.